The molecule has 0 aliphatic rings. The van der Waals surface area contributed by atoms with Crippen LogP contribution < -0.4 is 15.0 Å². The lowest BCUT2D eigenvalue weighted by Gasteiger charge is -2.16. The third kappa shape index (κ3) is 4.48. The molecule has 2 aromatic rings. The van der Waals surface area contributed by atoms with E-state index in [0.717, 1.165) is 6.07 Å². The normalized spacial score (nSPS) is 11.2. The molecule has 0 fully saturated rings. The van der Waals surface area contributed by atoms with Crippen LogP contribution in [-0.2, 0) is 6.18 Å². The lowest BCUT2D eigenvalue weighted by molar-refractivity contribution is -0.141. The quantitative estimate of drug-likeness (QED) is 0.908. The van der Waals surface area contributed by atoms with Gasteiger partial charge >= 0.3 is 6.18 Å². The van der Waals surface area contributed by atoms with Crippen LogP contribution >= 0.6 is 0 Å². The van der Waals surface area contributed by atoms with Crippen molar-refractivity contribution in [3.05, 3.63) is 36.0 Å². The highest BCUT2D eigenvalue weighted by Crippen LogP contribution is 2.30. The fourth-order valence-corrected chi connectivity index (χ4v) is 1.79. The summed E-state index contributed by atoms with van der Waals surface area (Å²) in [6.07, 6.45) is -4.54. The Labute approximate surface area is 132 Å². The number of nitrogens with one attached hydrogen (secondary N) is 1. The van der Waals surface area contributed by atoms with Gasteiger partial charge in [-0.25, -0.2) is 4.98 Å². The predicted molar refractivity (Wildman–Crippen MR) is 82.3 cm³/mol. The standard InChI is InChI=1S/C15H17F3N4O/c1-4-23-11-7-5-10(6-8-11)19-14-20-12(15(16,17)18)9-13(21-14)22(2)3/h5-9H,4H2,1-3H3,(H,19,20,21). The Hall–Kier alpha value is -2.51. The van der Waals surface area contributed by atoms with E-state index in [0.29, 0.717) is 18.0 Å². The van der Waals surface area contributed by atoms with Gasteiger partial charge in [0, 0.05) is 25.8 Å². The zero-order valence-corrected chi connectivity index (χ0v) is 13.0. The predicted octanol–water partition coefficient (Wildman–Crippen LogP) is 3.70. The first-order valence-electron chi connectivity index (χ1n) is 6.93. The number of hydrogen-bond donors (Lipinski definition) is 1. The Balaban J connectivity index is 2.29. The summed E-state index contributed by atoms with van der Waals surface area (Å²) in [6.45, 7) is 2.40. The summed E-state index contributed by atoms with van der Waals surface area (Å²) in [6, 6.07) is 7.70. The first kappa shape index (κ1) is 16.9. The largest absolute Gasteiger partial charge is 0.494 e. The van der Waals surface area contributed by atoms with Crippen LogP contribution in [0.25, 0.3) is 0 Å². The molecule has 0 spiro atoms. The summed E-state index contributed by atoms with van der Waals surface area (Å²) in [5.41, 5.74) is -0.429. The van der Waals surface area contributed by atoms with E-state index < -0.39 is 11.9 Å². The Morgan fingerprint density at radius 3 is 2.30 bits per heavy atom. The molecule has 1 heterocycles. The molecule has 5 nitrogen and oxygen atoms in total. The molecule has 0 unspecified atom stereocenters. The maximum Gasteiger partial charge on any atom is 0.433 e. The highest BCUT2D eigenvalue weighted by atomic mass is 19.4. The van der Waals surface area contributed by atoms with Crippen molar-refractivity contribution in [2.75, 3.05) is 30.9 Å². The number of ether oxygens (including phenoxy) is 1. The number of hydrogen-bond acceptors (Lipinski definition) is 5. The zero-order valence-electron chi connectivity index (χ0n) is 13.0. The minimum atomic E-state index is -4.54. The molecule has 23 heavy (non-hydrogen) atoms. The van der Waals surface area contributed by atoms with Crippen LogP contribution in [0, 0.1) is 0 Å². The van der Waals surface area contributed by atoms with Crippen molar-refractivity contribution in [1.29, 1.82) is 0 Å². The van der Waals surface area contributed by atoms with Gasteiger partial charge in [0.25, 0.3) is 0 Å². The molecule has 0 bridgehead atoms. The average Bonchev–Trinajstić information content (AvgIpc) is 2.48. The van der Waals surface area contributed by atoms with Crippen molar-refractivity contribution < 1.29 is 17.9 Å². The maximum absolute atomic E-state index is 12.9. The van der Waals surface area contributed by atoms with E-state index in [-0.39, 0.29) is 11.8 Å². The number of anilines is 3. The third-order valence-corrected chi connectivity index (χ3v) is 2.88. The second-order valence-corrected chi connectivity index (χ2v) is 4.91. The van der Waals surface area contributed by atoms with E-state index in [1.54, 1.807) is 38.4 Å². The monoisotopic (exact) mass is 326 g/mol. The van der Waals surface area contributed by atoms with Gasteiger partial charge in [-0.15, -0.1) is 0 Å². The van der Waals surface area contributed by atoms with Crippen molar-refractivity contribution in [2.24, 2.45) is 0 Å². The molecule has 8 heteroatoms. The lowest BCUT2D eigenvalue weighted by atomic mass is 10.3. The second kappa shape index (κ2) is 6.72. The van der Waals surface area contributed by atoms with Crippen LogP contribution in [0.5, 0.6) is 5.75 Å². The summed E-state index contributed by atoms with van der Waals surface area (Å²) < 4.78 is 44.1. The molecule has 124 valence electrons. The number of alkyl halides is 3. The number of nitrogens with zero attached hydrogens (tertiary/aromatic N) is 3. The minimum absolute atomic E-state index is 0.118. The van der Waals surface area contributed by atoms with Crippen LogP contribution in [0.3, 0.4) is 0 Å². The Morgan fingerprint density at radius 2 is 1.78 bits per heavy atom. The van der Waals surface area contributed by atoms with E-state index in [1.807, 2.05) is 6.92 Å². The number of halogens is 3. The third-order valence-electron chi connectivity index (χ3n) is 2.88. The van der Waals surface area contributed by atoms with Crippen molar-refractivity contribution in [3.8, 4) is 5.75 Å². The molecular weight excluding hydrogens is 309 g/mol. The summed E-state index contributed by atoms with van der Waals surface area (Å²) in [4.78, 5) is 9.10. The molecule has 0 saturated heterocycles. The van der Waals surface area contributed by atoms with Gasteiger partial charge in [0.2, 0.25) is 5.95 Å². The zero-order chi connectivity index (χ0) is 17.0. The molecule has 1 aromatic heterocycles. The minimum Gasteiger partial charge on any atom is -0.494 e. The van der Waals surface area contributed by atoms with Gasteiger partial charge in [0.1, 0.15) is 11.6 Å². The molecule has 0 saturated carbocycles. The summed E-state index contributed by atoms with van der Waals surface area (Å²) in [7, 11) is 3.23. The van der Waals surface area contributed by atoms with Gasteiger partial charge in [-0.05, 0) is 31.2 Å². The molecule has 0 atom stereocenters. The molecular formula is C15H17F3N4O. The lowest BCUT2D eigenvalue weighted by Crippen LogP contribution is -2.16. The van der Waals surface area contributed by atoms with Crippen molar-refractivity contribution in [1.82, 2.24) is 9.97 Å². The van der Waals surface area contributed by atoms with Gasteiger partial charge in [-0.1, -0.05) is 0 Å². The molecule has 0 radical (unpaired) electrons. The van der Waals surface area contributed by atoms with Crippen molar-refractivity contribution >= 4 is 17.5 Å². The molecule has 2 rings (SSSR count). The van der Waals surface area contributed by atoms with Gasteiger partial charge in [0.15, 0.2) is 5.69 Å². The number of benzene rings is 1. The number of rotatable bonds is 5. The fraction of sp³-hybridized carbons (Fsp3) is 0.333. The van der Waals surface area contributed by atoms with Crippen LogP contribution in [0.2, 0.25) is 0 Å². The molecule has 0 aliphatic carbocycles. The van der Waals surface area contributed by atoms with Crippen LogP contribution in [0.1, 0.15) is 12.6 Å². The molecule has 1 N–H and O–H groups in total. The Kier molecular flexibility index (Phi) is 4.92. The van der Waals surface area contributed by atoms with Gasteiger partial charge in [-0.2, -0.15) is 18.2 Å². The summed E-state index contributed by atoms with van der Waals surface area (Å²) in [5, 5.41) is 2.78. The molecule has 1 aromatic carbocycles. The number of aromatic nitrogens is 2. The SMILES string of the molecule is CCOc1ccc(Nc2nc(N(C)C)cc(C(F)(F)F)n2)cc1. The van der Waals surface area contributed by atoms with E-state index in [4.69, 9.17) is 4.74 Å². The Bertz CT molecular complexity index is 657. The van der Waals surface area contributed by atoms with Crippen LogP contribution in [-0.4, -0.2) is 30.7 Å². The smallest absolute Gasteiger partial charge is 0.433 e. The van der Waals surface area contributed by atoms with Gasteiger partial charge in [0.05, 0.1) is 6.61 Å². The van der Waals surface area contributed by atoms with E-state index in [9.17, 15) is 13.2 Å². The first-order chi connectivity index (χ1) is 10.8. The van der Waals surface area contributed by atoms with Crippen LogP contribution in [0.4, 0.5) is 30.6 Å². The summed E-state index contributed by atoms with van der Waals surface area (Å²) in [5.74, 6) is 0.727. The summed E-state index contributed by atoms with van der Waals surface area (Å²) >= 11 is 0. The highest BCUT2D eigenvalue weighted by molar-refractivity contribution is 5.56. The average molecular weight is 326 g/mol. The topological polar surface area (TPSA) is 50.3 Å². The van der Waals surface area contributed by atoms with Gasteiger partial charge < -0.3 is 15.0 Å². The maximum atomic E-state index is 12.9. The van der Waals surface area contributed by atoms with E-state index >= 15 is 0 Å². The van der Waals surface area contributed by atoms with Gasteiger partial charge in [-0.3, -0.25) is 0 Å². The molecule has 0 aliphatic heterocycles. The van der Waals surface area contributed by atoms with Crippen molar-refractivity contribution in [2.45, 2.75) is 13.1 Å². The molecule has 0 amide bonds. The Morgan fingerprint density at radius 1 is 1.13 bits per heavy atom. The highest BCUT2D eigenvalue weighted by Gasteiger charge is 2.34. The van der Waals surface area contributed by atoms with Crippen LogP contribution in [0.15, 0.2) is 30.3 Å². The first-order valence-corrected chi connectivity index (χ1v) is 6.93. The second-order valence-electron chi connectivity index (χ2n) is 4.91. The van der Waals surface area contributed by atoms with E-state index in [2.05, 4.69) is 15.3 Å². The van der Waals surface area contributed by atoms with E-state index in [1.165, 1.54) is 4.90 Å². The van der Waals surface area contributed by atoms with Crippen molar-refractivity contribution in [3.63, 3.8) is 0 Å². The fourth-order valence-electron chi connectivity index (χ4n) is 1.79.